The second-order valence-electron chi connectivity index (χ2n) is 5.26. The summed E-state index contributed by atoms with van der Waals surface area (Å²) in [5.74, 6) is -0.623. The van der Waals surface area contributed by atoms with Gasteiger partial charge in [0, 0.05) is 5.70 Å². The number of alkyl carbamates (subject to hydrolysis) is 1. The number of carbonyl (C=O) groups excluding carboxylic acids is 2. The van der Waals surface area contributed by atoms with Crippen molar-refractivity contribution in [3.05, 3.63) is 23.9 Å². The first-order chi connectivity index (χ1) is 8.68. The van der Waals surface area contributed by atoms with Crippen LogP contribution < -0.4 is 10.6 Å². The van der Waals surface area contributed by atoms with E-state index in [1.54, 1.807) is 39.8 Å². The summed E-state index contributed by atoms with van der Waals surface area (Å²) < 4.78 is 9.87. The van der Waals surface area contributed by atoms with Crippen molar-refractivity contribution in [2.45, 2.75) is 39.0 Å². The van der Waals surface area contributed by atoms with E-state index in [4.69, 9.17) is 9.47 Å². The van der Waals surface area contributed by atoms with Crippen LogP contribution in [-0.4, -0.2) is 30.4 Å². The molecule has 0 aromatic rings. The number of esters is 1. The number of methoxy groups -OCH3 is 1. The van der Waals surface area contributed by atoms with E-state index in [2.05, 4.69) is 10.6 Å². The van der Waals surface area contributed by atoms with E-state index in [9.17, 15) is 9.59 Å². The third-order valence-electron chi connectivity index (χ3n) is 2.29. The van der Waals surface area contributed by atoms with Gasteiger partial charge >= 0.3 is 12.1 Å². The van der Waals surface area contributed by atoms with E-state index in [1.165, 1.54) is 13.2 Å². The molecule has 0 aromatic heterocycles. The summed E-state index contributed by atoms with van der Waals surface area (Å²) in [6, 6.07) is 0. The fourth-order valence-electron chi connectivity index (χ4n) is 1.60. The van der Waals surface area contributed by atoms with Gasteiger partial charge in [0.2, 0.25) is 5.66 Å². The van der Waals surface area contributed by atoms with Gasteiger partial charge in [-0.2, -0.15) is 0 Å². The molecule has 0 aromatic carbocycles. The van der Waals surface area contributed by atoms with Crippen LogP contribution in [0.1, 0.15) is 27.7 Å². The number of dihydropyridines is 1. The number of hydrogen-bond acceptors (Lipinski definition) is 5. The van der Waals surface area contributed by atoms with Crippen molar-refractivity contribution in [3.63, 3.8) is 0 Å². The molecule has 0 saturated carbocycles. The van der Waals surface area contributed by atoms with Gasteiger partial charge < -0.3 is 14.8 Å². The van der Waals surface area contributed by atoms with Gasteiger partial charge in [-0.1, -0.05) is 6.08 Å². The first-order valence-electron chi connectivity index (χ1n) is 5.92. The SMILES string of the molecule is COC(=O)C1(NC(=O)OC(C)(C)C)C=CC=C(C)N1. The molecule has 0 aliphatic carbocycles. The van der Waals surface area contributed by atoms with E-state index < -0.39 is 23.3 Å². The van der Waals surface area contributed by atoms with Crippen LogP contribution in [0.25, 0.3) is 0 Å². The van der Waals surface area contributed by atoms with E-state index >= 15 is 0 Å². The standard InChI is InChI=1S/C13H20N2O4/c1-9-7-6-8-13(14-9,10(16)18-5)15-11(17)19-12(2,3)4/h6-8,14H,1-5H3,(H,15,17). The number of rotatable bonds is 2. The van der Waals surface area contributed by atoms with Gasteiger partial charge in [-0.25, -0.2) is 9.59 Å². The second-order valence-corrected chi connectivity index (χ2v) is 5.26. The van der Waals surface area contributed by atoms with Gasteiger partial charge in [0.25, 0.3) is 0 Å². The van der Waals surface area contributed by atoms with E-state index in [0.29, 0.717) is 0 Å². The third kappa shape index (κ3) is 4.01. The highest BCUT2D eigenvalue weighted by Crippen LogP contribution is 2.15. The summed E-state index contributed by atoms with van der Waals surface area (Å²) >= 11 is 0. The monoisotopic (exact) mass is 268 g/mol. The van der Waals surface area contributed by atoms with E-state index in [-0.39, 0.29) is 0 Å². The van der Waals surface area contributed by atoms with Crippen LogP contribution in [0.3, 0.4) is 0 Å². The molecule has 0 spiro atoms. The fourth-order valence-corrected chi connectivity index (χ4v) is 1.60. The van der Waals surface area contributed by atoms with Crippen LogP contribution in [0.5, 0.6) is 0 Å². The summed E-state index contributed by atoms with van der Waals surface area (Å²) in [6.45, 7) is 7.00. The van der Waals surface area contributed by atoms with Crippen molar-refractivity contribution in [2.24, 2.45) is 0 Å². The first kappa shape index (κ1) is 15.1. The molecule has 0 saturated heterocycles. The van der Waals surface area contributed by atoms with Gasteiger partial charge in [-0.05, 0) is 39.8 Å². The van der Waals surface area contributed by atoms with Gasteiger partial charge in [0.1, 0.15) is 5.60 Å². The molecule has 1 heterocycles. The second kappa shape index (κ2) is 5.34. The van der Waals surface area contributed by atoms with Crippen LogP contribution in [-0.2, 0) is 14.3 Å². The summed E-state index contributed by atoms with van der Waals surface area (Å²) in [5, 5.41) is 5.38. The minimum Gasteiger partial charge on any atom is -0.466 e. The van der Waals surface area contributed by atoms with Gasteiger partial charge in [-0.3, -0.25) is 5.32 Å². The molecule has 1 aliphatic heterocycles. The van der Waals surface area contributed by atoms with E-state index in [1.807, 2.05) is 0 Å². The van der Waals surface area contributed by atoms with Gasteiger partial charge in [0.15, 0.2) is 0 Å². The Hall–Kier alpha value is -1.98. The van der Waals surface area contributed by atoms with Gasteiger partial charge in [0.05, 0.1) is 7.11 Å². The van der Waals surface area contributed by atoms with Crippen molar-refractivity contribution >= 4 is 12.1 Å². The molecule has 2 N–H and O–H groups in total. The number of hydrogen-bond donors (Lipinski definition) is 2. The quantitative estimate of drug-likeness (QED) is 0.741. The number of carbonyl (C=O) groups is 2. The largest absolute Gasteiger partial charge is 0.466 e. The van der Waals surface area contributed by atoms with Crippen molar-refractivity contribution < 1.29 is 19.1 Å². The topological polar surface area (TPSA) is 76.7 Å². The molecular weight excluding hydrogens is 248 g/mol. The van der Waals surface area contributed by atoms with Gasteiger partial charge in [-0.15, -0.1) is 0 Å². The number of nitrogens with one attached hydrogen (secondary N) is 2. The molecule has 0 fully saturated rings. The summed E-state index contributed by atoms with van der Waals surface area (Å²) in [6.07, 6.45) is 4.25. The lowest BCUT2D eigenvalue weighted by Gasteiger charge is -2.33. The normalized spacial score (nSPS) is 22.1. The predicted molar refractivity (Wildman–Crippen MR) is 70.1 cm³/mol. The molecule has 1 amide bonds. The molecule has 0 bridgehead atoms. The lowest BCUT2D eigenvalue weighted by Crippen LogP contribution is -2.63. The highest BCUT2D eigenvalue weighted by Gasteiger charge is 2.41. The molecule has 1 aliphatic rings. The van der Waals surface area contributed by atoms with Crippen LogP contribution in [0.4, 0.5) is 4.79 Å². The molecule has 1 unspecified atom stereocenters. The maximum Gasteiger partial charge on any atom is 0.410 e. The highest BCUT2D eigenvalue weighted by molar-refractivity contribution is 5.88. The Labute approximate surface area is 112 Å². The Morgan fingerprint density at radius 3 is 2.47 bits per heavy atom. The average molecular weight is 268 g/mol. The zero-order chi connectivity index (χ0) is 14.7. The molecule has 106 valence electrons. The average Bonchev–Trinajstić information content (AvgIpc) is 2.24. The Bertz CT molecular complexity index is 434. The predicted octanol–water partition coefficient (Wildman–Crippen LogP) is 1.44. The molecule has 19 heavy (non-hydrogen) atoms. The Kier molecular flexibility index (Phi) is 4.24. The molecular formula is C13H20N2O4. The maximum absolute atomic E-state index is 11.9. The number of ether oxygens (including phenoxy) is 2. The smallest absolute Gasteiger partial charge is 0.410 e. The zero-order valence-corrected chi connectivity index (χ0v) is 11.9. The minimum atomic E-state index is -1.43. The molecule has 0 radical (unpaired) electrons. The highest BCUT2D eigenvalue weighted by atomic mass is 16.6. The van der Waals surface area contributed by atoms with Crippen molar-refractivity contribution in [2.75, 3.05) is 7.11 Å². The Morgan fingerprint density at radius 1 is 1.37 bits per heavy atom. The maximum atomic E-state index is 11.9. The number of allylic oxidation sites excluding steroid dienone is 3. The van der Waals surface area contributed by atoms with Crippen LogP contribution in [0.15, 0.2) is 23.9 Å². The lowest BCUT2D eigenvalue weighted by molar-refractivity contribution is -0.147. The molecule has 6 nitrogen and oxygen atoms in total. The van der Waals surface area contributed by atoms with Crippen molar-refractivity contribution in [1.29, 1.82) is 0 Å². The van der Waals surface area contributed by atoms with Crippen LogP contribution >= 0.6 is 0 Å². The molecule has 1 atom stereocenters. The lowest BCUT2D eigenvalue weighted by atomic mass is 10.1. The fraction of sp³-hybridized carbons (Fsp3) is 0.538. The van der Waals surface area contributed by atoms with Crippen LogP contribution in [0, 0.1) is 0 Å². The zero-order valence-electron chi connectivity index (χ0n) is 11.9. The summed E-state index contributed by atoms with van der Waals surface area (Å²) in [4.78, 5) is 23.7. The Balaban J connectivity index is 2.89. The van der Waals surface area contributed by atoms with Crippen LogP contribution in [0.2, 0.25) is 0 Å². The van der Waals surface area contributed by atoms with Crippen molar-refractivity contribution in [1.82, 2.24) is 10.6 Å². The van der Waals surface area contributed by atoms with Crippen molar-refractivity contribution in [3.8, 4) is 0 Å². The Morgan fingerprint density at radius 2 is 2.00 bits per heavy atom. The number of amides is 1. The molecule has 6 heteroatoms. The summed E-state index contributed by atoms with van der Waals surface area (Å²) in [7, 11) is 1.25. The summed E-state index contributed by atoms with van der Waals surface area (Å²) in [5.41, 5.74) is -1.36. The molecule has 1 rings (SSSR count). The third-order valence-corrected chi connectivity index (χ3v) is 2.29. The first-order valence-corrected chi connectivity index (χ1v) is 5.92. The minimum absolute atomic E-state index is 0.623. The van der Waals surface area contributed by atoms with E-state index in [0.717, 1.165) is 5.70 Å².